The predicted molar refractivity (Wildman–Crippen MR) is 115 cm³/mol. The van der Waals surface area contributed by atoms with Gasteiger partial charge in [0, 0.05) is 4.47 Å². The first-order valence-electron chi connectivity index (χ1n) is 9.48. The molecule has 5 rings (SSSR count). The highest BCUT2D eigenvalue weighted by atomic mass is 79.9. The molecule has 3 aromatic rings. The fourth-order valence-corrected chi connectivity index (χ4v) is 4.37. The normalized spacial score (nSPS) is 23.2. The zero-order chi connectivity index (χ0) is 20.8. The molecule has 2 amide bonds. The van der Waals surface area contributed by atoms with Gasteiger partial charge in [0.25, 0.3) is 5.91 Å². The number of phenolic OH excluding ortho intramolecular Hbond substituents is 1. The lowest BCUT2D eigenvalue weighted by Crippen LogP contribution is -2.37. The SMILES string of the molecule is O=C1[C@H]2[C@H](ON(c3ccccc3)[C@H]2c2cccc(O)c2)C(=O)N1c1ccc(Br)cc1. The summed E-state index contributed by atoms with van der Waals surface area (Å²) >= 11 is 3.37. The lowest BCUT2D eigenvalue weighted by molar-refractivity contribution is -0.126. The summed E-state index contributed by atoms with van der Waals surface area (Å²) in [4.78, 5) is 33.9. The molecule has 6 nitrogen and oxygen atoms in total. The average molecular weight is 465 g/mol. The van der Waals surface area contributed by atoms with Crippen LogP contribution in [-0.2, 0) is 14.4 Å². The molecule has 0 unspecified atom stereocenters. The van der Waals surface area contributed by atoms with Crippen LogP contribution < -0.4 is 9.96 Å². The number of benzene rings is 3. The van der Waals surface area contributed by atoms with Crippen LogP contribution in [0, 0.1) is 5.92 Å². The number of imide groups is 1. The molecule has 0 saturated carbocycles. The van der Waals surface area contributed by atoms with E-state index in [-0.39, 0.29) is 11.7 Å². The zero-order valence-corrected chi connectivity index (χ0v) is 17.3. The standard InChI is InChI=1S/C23H17BrN2O4/c24-15-9-11-16(12-10-15)25-22(28)19-20(14-5-4-8-18(27)13-14)26(30-21(19)23(25)29)17-6-2-1-3-7-17/h1-13,19-21,27H/t19-,20+,21+/m1/s1. The number of carbonyl (C=O) groups excluding carboxylic acids is 2. The van der Waals surface area contributed by atoms with Crippen molar-refractivity contribution in [3.05, 3.63) is 88.9 Å². The van der Waals surface area contributed by atoms with Crippen LogP contribution in [0.15, 0.2) is 83.3 Å². The van der Waals surface area contributed by atoms with Crippen molar-refractivity contribution in [2.75, 3.05) is 9.96 Å². The van der Waals surface area contributed by atoms with E-state index in [0.717, 1.165) is 10.2 Å². The summed E-state index contributed by atoms with van der Waals surface area (Å²) in [6.45, 7) is 0. The van der Waals surface area contributed by atoms with E-state index in [0.29, 0.717) is 11.3 Å². The lowest BCUT2D eigenvalue weighted by Gasteiger charge is -2.28. The van der Waals surface area contributed by atoms with Crippen LogP contribution in [0.2, 0.25) is 0 Å². The van der Waals surface area contributed by atoms with Gasteiger partial charge in [-0.3, -0.25) is 14.4 Å². The van der Waals surface area contributed by atoms with Gasteiger partial charge in [0.2, 0.25) is 5.91 Å². The van der Waals surface area contributed by atoms with Gasteiger partial charge in [-0.2, -0.15) is 0 Å². The van der Waals surface area contributed by atoms with E-state index in [9.17, 15) is 14.7 Å². The number of amides is 2. The highest BCUT2D eigenvalue weighted by molar-refractivity contribution is 9.10. The lowest BCUT2D eigenvalue weighted by atomic mass is 9.90. The molecule has 0 radical (unpaired) electrons. The van der Waals surface area contributed by atoms with E-state index < -0.39 is 24.0 Å². The maximum atomic E-state index is 13.5. The van der Waals surface area contributed by atoms with Crippen molar-refractivity contribution in [2.45, 2.75) is 12.1 Å². The van der Waals surface area contributed by atoms with Crippen LogP contribution in [-0.4, -0.2) is 23.0 Å². The van der Waals surface area contributed by atoms with Crippen LogP contribution in [0.3, 0.4) is 0 Å². The Morgan fingerprint density at radius 1 is 0.833 bits per heavy atom. The summed E-state index contributed by atoms with van der Waals surface area (Å²) < 4.78 is 0.856. The van der Waals surface area contributed by atoms with Crippen molar-refractivity contribution in [3.63, 3.8) is 0 Å². The van der Waals surface area contributed by atoms with E-state index in [1.807, 2.05) is 36.4 Å². The minimum atomic E-state index is -0.936. The Labute approximate surface area is 181 Å². The van der Waals surface area contributed by atoms with Crippen LogP contribution in [0.1, 0.15) is 11.6 Å². The molecular formula is C23H17BrN2O4. The number of anilines is 2. The zero-order valence-electron chi connectivity index (χ0n) is 15.7. The topological polar surface area (TPSA) is 70.1 Å². The van der Waals surface area contributed by atoms with E-state index in [4.69, 9.17) is 4.84 Å². The first-order chi connectivity index (χ1) is 14.5. The van der Waals surface area contributed by atoms with Gasteiger partial charge in [0.15, 0.2) is 6.10 Å². The van der Waals surface area contributed by atoms with E-state index in [1.165, 1.54) is 4.90 Å². The Kier molecular flexibility index (Phi) is 4.56. The Bertz CT molecular complexity index is 1120. The number of phenols is 1. The Morgan fingerprint density at radius 3 is 2.27 bits per heavy atom. The number of carbonyl (C=O) groups is 2. The second-order valence-corrected chi connectivity index (χ2v) is 8.16. The summed E-state index contributed by atoms with van der Waals surface area (Å²) in [7, 11) is 0. The van der Waals surface area contributed by atoms with Crippen molar-refractivity contribution < 1.29 is 19.5 Å². The van der Waals surface area contributed by atoms with E-state index in [1.54, 1.807) is 47.5 Å². The predicted octanol–water partition coefficient (Wildman–Crippen LogP) is 4.21. The molecule has 1 N–H and O–H groups in total. The maximum Gasteiger partial charge on any atom is 0.266 e. The third-order valence-corrected chi connectivity index (χ3v) is 5.95. The fourth-order valence-electron chi connectivity index (χ4n) is 4.11. The maximum absolute atomic E-state index is 13.5. The van der Waals surface area contributed by atoms with Gasteiger partial charge in [-0.05, 0) is 54.1 Å². The van der Waals surface area contributed by atoms with Crippen LogP contribution in [0.25, 0.3) is 0 Å². The van der Waals surface area contributed by atoms with Gasteiger partial charge >= 0.3 is 0 Å². The first-order valence-corrected chi connectivity index (χ1v) is 10.3. The van der Waals surface area contributed by atoms with Crippen molar-refractivity contribution >= 4 is 39.1 Å². The van der Waals surface area contributed by atoms with Gasteiger partial charge < -0.3 is 5.11 Å². The van der Waals surface area contributed by atoms with Gasteiger partial charge in [0.05, 0.1) is 17.4 Å². The monoisotopic (exact) mass is 464 g/mol. The van der Waals surface area contributed by atoms with E-state index in [2.05, 4.69) is 15.9 Å². The fraction of sp³-hybridized carbons (Fsp3) is 0.130. The van der Waals surface area contributed by atoms with E-state index >= 15 is 0 Å². The molecule has 2 aliphatic heterocycles. The highest BCUT2D eigenvalue weighted by Gasteiger charge is 2.60. The molecule has 30 heavy (non-hydrogen) atoms. The number of nitrogens with zero attached hydrogens (tertiary/aromatic N) is 2. The Morgan fingerprint density at radius 2 is 1.57 bits per heavy atom. The third-order valence-electron chi connectivity index (χ3n) is 5.42. The summed E-state index contributed by atoms with van der Waals surface area (Å²) in [6.07, 6.45) is -0.936. The third kappa shape index (κ3) is 2.98. The number of aromatic hydroxyl groups is 1. The van der Waals surface area contributed by atoms with Crippen LogP contribution >= 0.6 is 15.9 Å². The molecule has 2 saturated heterocycles. The largest absolute Gasteiger partial charge is 0.508 e. The van der Waals surface area contributed by atoms with Crippen molar-refractivity contribution in [3.8, 4) is 5.75 Å². The molecule has 150 valence electrons. The quantitative estimate of drug-likeness (QED) is 0.588. The average Bonchev–Trinajstić information content (AvgIpc) is 3.26. The molecule has 2 fully saturated rings. The van der Waals surface area contributed by atoms with Crippen LogP contribution in [0.4, 0.5) is 11.4 Å². The van der Waals surface area contributed by atoms with Crippen molar-refractivity contribution in [1.82, 2.24) is 0 Å². The Hall–Kier alpha value is -3.16. The second-order valence-electron chi connectivity index (χ2n) is 7.24. The van der Waals surface area contributed by atoms with Crippen LogP contribution in [0.5, 0.6) is 5.75 Å². The molecule has 0 bridgehead atoms. The number of para-hydroxylation sites is 1. The molecule has 0 aromatic heterocycles. The van der Waals surface area contributed by atoms with Gasteiger partial charge in [-0.25, -0.2) is 9.96 Å². The number of halogens is 1. The molecule has 2 heterocycles. The number of hydrogen-bond acceptors (Lipinski definition) is 5. The van der Waals surface area contributed by atoms with Gasteiger partial charge in [0.1, 0.15) is 11.7 Å². The van der Waals surface area contributed by atoms with Gasteiger partial charge in [-0.15, -0.1) is 0 Å². The number of fused-ring (bicyclic) bond motifs is 1. The van der Waals surface area contributed by atoms with Crippen molar-refractivity contribution in [1.29, 1.82) is 0 Å². The minimum absolute atomic E-state index is 0.0884. The van der Waals surface area contributed by atoms with Crippen molar-refractivity contribution in [2.24, 2.45) is 5.92 Å². The number of hydrogen-bond donors (Lipinski definition) is 1. The summed E-state index contributed by atoms with van der Waals surface area (Å²) in [5, 5.41) is 11.6. The molecule has 7 heteroatoms. The molecule has 3 aromatic carbocycles. The molecule has 0 aliphatic carbocycles. The van der Waals surface area contributed by atoms with Gasteiger partial charge in [-0.1, -0.05) is 46.3 Å². The summed E-state index contributed by atoms with van der Waals surface area (Å²) in [5.41, 5.74) is 1.94. The molecule has 0 spiro atoms. The first kappa shape index (κ1) is 18.8. The molecular weight excluding hydrogens is 448 g/mol. The Balaban J connectivity index is 1.59. The smallest absolute Gasteiger partial charge is 0.266 e. The minimum Gasteiger partial charge on any atom is -0.508 e. The summed E-state index contributed by atoms with van der Waals surface area (Å²) in [6, 6.07) is 22.5. The molecule has 3 atom stereocenters. The second kappa shape index (κ2) is 7.27. The summed E-state index contributed by atoms with van der Waals surface area (Å²) in [5.74, 6) is -1.36. The number of hydroxylamine groups is 1. The number of rotatable bonds is 3. The molecule has 2 aliphatic rings. The highest BCUT2D eigenvalue weighted by Crippen LogP contribution is 2.47.